The van der Waals surface area contributed by atoms with Gasteiger partial charge < -0.3 is 15.0 Å². The van der Waals surface area contributed by atoms with Crippen molar-refractivity contribution in [3.05, 3.63) is 59.7 Å². The lowest BCUT2D eigenvalue weighted by Gasteiger charge is -2.21. The molecule has 0 saturated carbocycles. The number of carbonyl (C=O) groups excluding carboxylic acids is 2. The van der Waals surface area contributed by atoms with Gasteiger partial charge in [-0.05, 0) is 48.2 Å². The van der Waals surface area contributed by atoms with Crippen molar-refractivity contribution < 1.29 is 22.7 Å². The summed E-state index contributed by atoms with van der Waals surface area (Å²) in [6.45, 7) is 3.52. The van der Waals surface area contributed by atoms with E-state index in [9.17, 15) is 18.0 Å². The van der Waals surface area contributed by atoms with Gasteiger partial charge in [-0.15, -0.1) is 0 Å². The fraction of sp³-hybridized carbons (Fsp3) is 0.417. The maximum atomic E-state index is 12.8. The molecule has 2 aromatic carbocycles. The first-order valence-electron chi connectivity index (χ1n) is 11.0. The maximum absolute atomic E-state index is 12.8. The lowest BCUT2D eigenvalue weighted by atomic mass is 10.1. The van der Waals surface area contributed by atoms with Crippen molar-refractivity contribution in [3.8, 4) is 5.75 Å². The van der Waals surface area contributed by atoms with E-state index in [4.69, 9.17) is 4.74 Å². The van der Waals surface area contributed by atoms with E-state index in [-0.39, 0.29) is 11.8 Å². The first-order chi connectivity index (χ1) is 15.7. The van der Waals surface area contributed by atoms with Crippen molar-refractivity contribution in [2.75, 3.05) is 24.2 Å². The second-order valence-electron chi connectivity index (χ2n) is 8.14. The molecule has 1 heterocycles. The molecule has 1 N–H and O–H groups in total. The Labute approximate surface area is 195 Å². The number of nitrogens with one attached hydrogen (secondary N) is 1. The fourth-order valence-corrected chi connectivity index (χ4v) is 4.17. The molecule has 33 heavy (non-hydrogen) atoms. The smallest absolute Gasteiger partial charge is 0.261 e. The van der Waals surface area contributed by atoms with E-state index < -0.39 is 16.1 Å². The molecule has 2 aromatic rings. The topological polar surface area (TPSA) is 96.0 Å². The van der Waals surface area contributed by atoms with E-state index in [1.54, 1.807) is 24.3 Å². The van der Waals surface area contributed by atoms with Crippen LogP contribution in [0, 0.1) is 0 Å². The average molecular weight is 474 g/mol. The van der Waals surface area contributed by atoms with E-state index in [0.717, 1.165) is 30.3 Å². The third-order valence-electron chi connectivity index (χ3n) is 5.74. The summed E-state index contributed by atoms with van der Waals surface area (Å²) >= 11 is 0. The summed E-state index contributed by atoms with van der Waals surface area (Å²) in [4.78, 5) is 26.6. The van der Waals surface area contributed by atoms with Gasteiger partial charge in [0.15, 0.2) is 6.10 Å². The highest BCUT2D eigenvalue weighted by Gasteiger charge is 2.22. The minimum atomic E-state index is -3.35. The van der Waals surface area contributed by atoms with Crippen LogP contribution in [0.3, 0.4) is 0 Å². The van der Waals surface area contributed by atoms with Crippen LogP contribution < -0.4 is 14.4 Å². The number of nitrogens with zero attached hydrogens (tertiary/aromatic N) is 2. The van der Waals surface area contributed by atoms with E-state index in [0.29, 0.717) is 37.4 Å². The molecule has 2 amide bonds. The Morgan fingerprint density at radius 3 is 2.39 bits per heavy atom. The largest absolute Gasteiger partial charge is 0.481 e. The van der Waals surface area contributed by atoms with E-state index in [2.05, 4.69) is 5.32 Å². The monoisotopic (exact) mass is 473 g/mol. The van der Waals surface area contributed by atoms with E-state index in [1.807, 2.05) is 36.1 Å². The van der Waals surface area contributed by atoms with Crippen molar-refractivity contribution in [1.82, 2.24) is 10.2 Å². The molecular formula is C24H31N3O5S. The Morgan fingerprint density at radius 1 is 1.15 bits per heavy atom. The fourth-order valence-electron chi connectivity index (χ4n) is 3.67. The van der Waals surface area contributed by atoms with Crippen LogP contribution in [-0.2, 0) is 32.7 Å². The minimum absolute atomic E-state index is 0.169. The normalized spacial score (nSPS) is 14.8. The van der Waals surface area contributed by atoms with Crippen LogP contribution in [0.25, 0.3) is 0 Å². The summed E-state index contributed by atoms with van der Waals surface area (Å²) in [5.41, 5.74) is 2.50. The zero-order valence-corrected chi connectivity index (χ0v) is 20.1. The zero-order chi connectivity index (χ0) is 24.0. The summed E-state index contributed by atoms with van der Waals surface area (Å²) in [7, 11) is -1.87. The van der Waals surface area contributed by atoms with Crippen molar-refractivity contribution in [1.29, 1.82) is 0 Å². The second kappa shape index (κ2) is 10.7. The molecule has 0 bridgehead atoms. The number of carbonyl (C=O) groups is 2. The first-order valence-corrected chi connectivity index (χ1v) is 12.9. The van der Waals surface area contributed by atoms with Crippen LogP contribution >= 0.6 is 0 Å². The van der Waals surface area contributed by atoms with Crippen LogP contribution in [0.1, 0.15) is 37.3 Å². The quantitative estimate of drug-likeness (QED) is 0.572. The summed E-state index contributed by atoms with van der Waals surface area (Å²) in [5.74, 6) is 0.416. The predicted octanol–water partition coefficient (Wildman–Crippen LogP) is 2.68. The molecular weight excluding hydrogens is 442 g/mol. The molecule has 178 valence electrons. The summed E-state index contributed by atoms with van der Waals surface area (Å²) in [6.07, 6.45) is 2.41. The van der Waals surface area contributed by atoms with Gasteiger partial charge in [0, 0.05) is 33.1 Å². The Morgan fingerprint density at radius 2 is 1.82 bits per heavy atom. The number of hydrogen-bond acceptors (Lipinski definition) is 5. The molecule has 1 fully saturated rings. The second-order valence-corrected chi connectivity index (χ2v) is 10.2. The summed E-state index contributed by atoms with van der Waals surface area (Å²) in [6, 6.07) is 14.4. The number of benzene rings is 2. The molecule has 0 radical (unpaired) electrons. The number of likely N-dealkylation sites (tertiary alicyclic amines) is 1. The van der Waals surface area contributed by atoms with Gasteiger partial charge in [0.05, 0.1) is 11.9 Å². The van der Waals surface area contributed by atoms with Gasteiger partial charge in [0.1, 0.15) is 5.75 Å². The maximum Gasteiger partial charge on any atom is 0.261 e. The standard InChI is InChI=1S/C24H31N3O5S/c1-4-22(32-21-13-11-20(12-14-21)26(2)33(3,30)31)24(29)25-16-18-8-5-6-9-19(18)17-27-15-7-10-23(27)28/h5-6,8-9,11-14,22H,4,7,10,15-17H2,1-3H3,(H,25,29)/t22-/m1/s1. The third kappa shape index (κ3) is 6.47. The molecule has 9 heteroatoms. The van der Waals surface area contributed by atoms with Crippen molar-refractivity contribution in [2.24, 2.45) is 0 Å². The molecule has 0 aliphatic carbocycles. The van der Waals surface area contributed by atoms with Crippen molar-refractivity contribution in [2.45, 2.75) is 45.4 Å². The molecule has 3 rings (SSSR count). The molecule has 1 aliphatic heterocycles. The van der Waals surface area contributed by atoms with Gasteiger partial charge in [-0.3, -0.25) is 13.9 Å². The lowest BCUT2D eigenvalue weighted by Crippen LogP contribution is -2.38. The van der Waals surface area contributed by atoms with Gasteiger partial charge in [0.25, 0.3) is 5.91 Å². The van der Waals surface area contributed by atoms with Crippen LogP contribution in [0.5, 0.6) is 5.75 Å². The Bertz CT molecular complexity index is 1090. The van der Waals surface area contributed by atoms with E-state index >= 15 is 0 Å². The van der Waals surface area contributed by atoms with Gasteiger partial charge in [0.2, 0.25) is 15.9 Å². The van der Waals surface area contributed by atoms with Crippen LogP contribution in [0.15, 0.2) is 48.5 Å². The van der Waals surface area contributed by atoms with E-state index in [1.165, 1.54) is 11.4 Å². The molecule has 8 nitrogen and oxygen atoms in total. The molecule has 1 atom stereocenters. The van der Waals surface area contributed by atoms with Crippen LogP contribution in [0.2, 0.25) is 0 Å². The molecule has 1 saturated heterocycles. The summed E-state index contributed by atoms with van der Waals surface area (Å²) in [5, 5.41) is 2.94. The minimum Gasteiger partial charge on any atom is -0.481 e. The number of hydrogen-bond donors (Lipinski definition) is 1. The van der Waals surface area contributed by atoms with Gasteiger partial charge >= 0.3 is 0 Å². The number of anilines is 1. The Balaban J connectivity index is 1.60. The number of rotatable bonds is 10. The first kappa shape index (κ1) is 24.6. The lowest BCUT2D eigenvalue weighted by molar-refractivity contribution is -0.129. The Hall–Kier alpha value is -3.07. The Kier molecular flexibility index (Phi) is 7.97. The van der Waals surface area contributed by atoms with Gasteiger partial charge in [-0.1, -0.05) is 31.2 Å². The van der Waals surface area contributed by atoms with Gasteiger partial charge in [-0.25, -0.2) is 8.42 Å². The molecule has 1 aliphatic rings. The zero-order valence-electron chi connectivity index (χ0n) is 19.3. The number of ether oxygens (including phenoxy) is 1. The van der Waals surface area contributed by atoms with Crippen molar-refractivity contribution >= 4 is 27.5 Å². The average Bonchev–Trinajstić information content (AvgIpc) is 3.20. The molecule has 0 unspecified atom stereocenters. The number of amides is 2. The van der Waals surface area contributed by atoms with Crippen LogP contribution in [0.4, 0.5) is 5.69 Å². The molecule has 0 aromatic heterocycles. The number of sulfonamides is 1. The highest BCUT2D eigenvalue weighted by Crippen LogP contribution is 2.22. The summed E-state index contributed by atoms with van der Waals surface area (Å²) < 4.78 is 30.4. The highest BCUT2D eigenvalue weighted by molar-refractivity contribution is 7.92. The SMILES string of the molecule is CC[C@@H](Oc1ccc(N(C)S(C)(=O)=O)cc1)C(=O)NCc1ccccc1CN1CCCC1=O. The molecule has 0 spiro atoms. The third-order valence-corrected chi connectivity index (χ3v) is 6.95. The van der Waals surface area contributed by atoms with Crippen LogP contribution in [-0.4, -0.2) is 51.1 Å². The van der Waals surface area contributed by atoms with Gasteiger partial charge in [-0.2, -0.15) is 0 Å². The predicted molar refractivity (Wildman–Crippen MR) is 127 cm³/mol. The van der Waals surface area contributed by atoms with Crippen molar-refractivity contribution in [3.63, 3.8) is 0 Å². The highest BCUT2D eigenvalue weighted by atomic mass is 32.2.